The van der Waals surface area contributed by atoms with Gasteiger partial charge in [0.2, 0.25) is 5.91 Å². The van der Waals surface area contributed by atoms with E-state index in [-0.39, 0.29) is 30.5 Å². The topological polar surface area (TPSA) is 114 Å². The molecule has 0 radical (unpaired) electrons. The van der Waals surface area contributed by atoms with E-state index in [9.17, 15) is 14.4 Å². The first-order chi connectivity index (χ1) is 16.0. The maximum Gasteiger partial charge on any atom is 0.407 e. The molecule has 10 heteroatoms. The molecule has 0 spiro atoms. The third kappa shape index (κ3) is 7.20. The van der Waals surface area contributed by atoms with Gasteiger partial charge in [0.05, 0.1) is 24.7 Å². The van der Waals surface area contributed by atoms with Crippen LogP contribution in [0.25, 0.3) is 0 Å². The lowest BCUT2D eigenvalue weighted by atomic mass is 10.1. The van der Waals surface area contributed by atoms with E-state index < -0.39 is 20.2 Å². The number of hydrogen-bond acceptors (Lipinski definition) is 6. The van der Waals surface area contributed by atoms with Crippen molar-refractivity contribution in [1.29, 1.82) is 0 Å². The van der Waals surface area contributed by atoms with E-state index in [1.54, 1.807) is 41.1 Å². The normalized spacial score (nSPS) is 24.2. The van der Waals surface area contributed by atoms with Crippen LogP contribution in [-0.4, -0.2) is 87.3 Å². The van der Waals surface area contributed by atoms with Crippen LogP contribution in [0.15, 0.2) is 24.3 Å². The van der Waals surface area contributed by atoms with E-state index in [0.717, 1.165) is 6.04 Å². The summed E-state index contributed by atoms with van der Waals surface area (Å²) >= 11 is 0. The lowest BCUT2D eigenvalue weighted by Crippen LogP contribution is -2.48. The van der Waals surface area contributed by atoms with E-state index in [1.807, 2.05) is 0 Å². The largest absolute Gasteiger partial charge is 0.491 e. The highest BCUT2D eigenvalue weighted by atomic mass is 28.3. The molecule has 0 aliphatic carbocycles. The first-order valence-electron chi connectivity index (χ1n) is 12.0. The Balaban J connectivity index is 1.69. The lowest BCUT2D eigenvalue weighted by molar-refractivity contribution is -0.134. The minimum atomic E-state index is -1.29. The van der Waals surface area contributed by atoms with Gasteiger partial charge in [-0.05, 0) is 43.5 Å². The fourth-order valence-corrected chi connectivity index (χ4v) is 4.94. The van der Waals surface area contributed by atoms with Gasteiger partial charge in [0.1, 0.15) is 12.4 Å². The molecule has 3 N–H and O–H groups in total. The number of benzene rings is 1. The predicted octanol–water partition coefficient (Wildman–Crippen LogP) is 2.29. The summed E-state index contributed by atoms with van der Waals surface area (Å²) in [6, 6.07) is 6.82. The monoisotopic (exact) mass is 490 g/mol. The van der Waals surface area contributed by atoms with Gasteiger partial charge in [-0.25, -0.2) is 4.79 Å². The fraction of sp³-hybridized carbons (Fsp3) is 0.625. The van der Waals surface area contributed by atoms with Gasteiger partial charge in [-0.1, -0.05) is 25.7 Å². The molecule has 188 valence electrons. The second kappa shape index (κ2) is 11.2. The zero-order valence-corrected chi connectivity index (χ0v) is 21.7. The second-order valence-corrected chi connectivity index (χ2v) is 16.1. The minimum Gasteiger partial charge on any atom is -0.491 e. The molecular weight excluding hydrogens is 452 g/mol. The summed E-state index contributed by atoms with van der Waals surface area (Å²) in [7, 11) is 0.448. The lowest BCUT2D eigenvalue weighted by Gasteiger charge is -2.28. The third-order valence-corrected chi connectivity index (χ3v) is 8.00. The Morgan fingerprint density at radius 2 is 2.06 bits per heavy atom. The van der Waals surface area contributed by atoms with Crippen molar-refractivity contribution in [2.24, 2.45) is 5.73 Å². The van der Waals surface area contributed by atoms with E-state index >= 15 is 0 Å². The SMILES string of the molecule is CN1CCC[C@H](N)C(=O)N2C[C@@H](NC(=O)OCC[Si](C)(C)C)C[C@H]2COc2cccc(c2)C1=O. The quantitative estimate of drug-likeness (QED) is 0.626. The van der Waals surface area contributed by atoms with Crippen LogP contribution in [0.2, 0.25) is 25.7 Å². The first kappa shape index (κ1) is 26.0. The van der Waals surface area contributed by atoms with Crippen molar-refractivity contribution in [3.8, 4) is 5.75 Å². The number of alkyl carbamates (subject to hydrolysis) is 1. The number of carbonyl (C=O) groups excluding carboxylic acids is 3. The highest BCUT2D eigenvalue weighted by Crippen LogP contribution is 2.23. The summed E-state index contributed by atoms with van der Waals surface area (Å²) in [5.74, 6) is 0.307. The highest BCUT2D eigenvalue weighted by molar-refractivity contribution is 6.76. The molecule has 1 fully saturated rings. The number of fused-ring (bicyclic) bond motifs is 3. The Labute approximate surface area is 202 Å². The zero-order valence-electron chi connectivity index (χ0n) is 20.7. The number of ether oxygens (including phenoxy) is 2. The molecule has 0 saturated carbocycles. The Kier molecular flexibility index (Phi) is 8.59. The van der Waals surface area contributed by atoms with Crippen molar-refractivity contribution in [3.63, 3.8) is 0 Å². The molecule has 3 amide bonds. The van der Waals surface area contributed by atoms with Gasteiger partial charge in [-0.15, -0.1) is 0 Å². The molecule has 2 aliphatic heterocycles. The van der Waals surface area contributed by atoms with Crippen LogP contribution in [0.1, 0.15) is 29.6 Å². The number of nitrogens with zero attached hydrogens (tertiary/aromatic N) is 2. The van der Waals surface area contributed by atoms with Crippen LogP contribution in [0.4, 0.5) is 4.79 Å². The Bertz CT molecular complexity index is 890. The van der Waals surface area contributed by atoms with Crippen molar-refractivity contribution < 1.29 is 23.9 Å². The van der Waals surface area contributed by atoms with Crippen molar-refractivity contribution in [2.75, 3.05) is 33.4 Å². The van der Waals surface area contributed by atoms with Gasteiger partial charge in [0.15, 0.2) is 0 Å². The molecule has 1 aromatic rings. The van der Waals surface area contributed by atoms with Gasteiger partial charge in [-0.3, -0.25) is 9.59 Å². The van der Waals surface area contributed by atoms with E-state index in [2.05, 4.69) is 25.0 Å². The number of nitrogens with one attached hydrogen (secondary N) is 1. The summed E-state index contributed by atoms with van der Waals surface area (Å²) in [6.45, 7) is 8.20. The summed E-state index contributed by atoms with van der Waals surface area (Å²) in [5, 5.41) is 2.90. The van der Waals surface area contributed by atoms with Crippen LogP contribution in [0, 0.1) is 0 Å². The van der Waals surface area contributed by atoms with E-state index in [1.165, 1.54) is 0 Å². The van der Waals surface area contributed by atoms with Crippen LogP contribution >= 0.6 is 0 Å². The summed E-state index contributed by atoms with van der Waals surface area (Å²) in [4.78, 5) is 41.5. The Morgan fingerprint density at radius 3 is 2.79 bits per heavy atom. The highest BCUT2D eigenvalue weighted by Gasteiger charge is 2.38. The van der Waals surface area contributed by atoms with E-state index in [0.29, 0.717) is 50.3 Å². The number of rotatable bonds is 4. The van der Waals surface area contributed by atoms with Crippen molar-refractivity contribution in [1.82, 2.24) is 15.1 Å². The molecule has 0 unspecified atom stereocenters. The number of carbonyl (C=O) groups is 3. The van der Waals surface area contributed by atoms with Gasteiger partial charge < -0.3 is 30.3 Å². The molecule has 9 nitrogen and oxygen atoms in total. The van der Waals surface area contributed by atoms with Gasteiger partial charge >= 0.3 is 6.09 Å². The number of nitrogens with two attached hydrogens (primary N) is 1. The second-order valence-electron chi connectivity index (χ2n) is 10.5. The standard InChI is InChI=1S/C24H38N4O5Si/c1-27-10-6-9-21(25)23(30)28-15-18(26-24(31)32-11-12-34(2,3)4)14-19(28)16-33-20-8-5-7-17(13-20)22(27)29/h5,7-8,13,18-19,21H,6,9-12,14-16,25H2,1-4H3,(H,26,31)/t18-,19-,21-/m0/s1. The van der Waals surface area contributed by atoms with Crippen molar-refractivity contribution in [3.05, 3.63) is 29.8 Å². The van der Waals surface area contributed by atoms with Crippen molar-refractivity contribution >= 4 is 26.0 Å². The summed E-state index contributed by atoms with van der Waals surface area (Å²) in [6.07, 6.45) is 1.18. The molecule has 2 heterocycles. The predicted molar refractivity (Wildman–Crippen MR) is 133 cm³/mol. The molecule has 3 atom stereocenters. The average molecular weight is 491 g/mol. The molecule has 1 saturated heterocycles. The van der Waals surface area contributed by atoms with Gasteiger partial charge in [0, 0.05) is 33.8 Å². The number of hydrogen-bond donors (Lipinski definition) is 2. The summed E-state index contributed by atoms with van der Waals surface area (Å²) < 4.78 is 11.4. The Hall–Kier alpha value is -2.59. The van der Waals surface area contributed by atoms with Crippen LogP contribution in [0.3, 0.4) is 0 Å². The zero-order chi connectivity index (χ0) is 24.9. The molecule has 1 aromatic carbocycles. The maximum absolute atomic E-state index is 13.2. The van der Waals surface area contributed by atoms with E-state index in [4.69, 9.17) is 15.2 Å². The molecule has 3 rings (SSSR count). The van der Waals surface area contributed by atoms with Gasteiger partial charge in [-0.2, -0.15) is 0 Å². The third-order valence-electron chi connectivity index (χ3n) is 6.30. The van der Waals surface area contributed by atoms with Crippen molar-refractivity contribution in [2.45, 2.75) is 63.1 Å². The molecule has 2 aliphatic rings. The average Bonchev–Trinajstić information content (AvgIpc) is 3.17. The number of amides is 3. The summed E-state index contributed by atoms with van der Waals surface area (Å²) in [5.41, 5.74) is 6.79. The molecule has 34 heavy (non-hydrogen) atoms. The molecule has 0 aromatic heterocycles. The molecular formula is C24H38N4O5Si. The first-order valence-corrected chi connectivity index (χ1v) is 15.7. The molecule has 2 bridgehead atoms. The minimum absolute atomic E-state index is 0.0956. The fourth-order valence-electron chi connectivity index (χ4n) is 4.23. The Morgan fingerprint density at radius 1 is 1.29 bits per heavy atom. The van der Waals surface area contributed by atoms with Crippen LogP contribution in [-0.2, 0) is 9.53 Å². The van der Waals surface area contributed by atoms with Crippen LogP contribution < -0.4 is 15.8 Å². The van der Waals surface area contributed by atoms with Gasteiger partial charge in [0.25, 0.3) is 5.91 Å². The maximum atomic E-state index is 13.2. The van der Waals surface area contributed by atoms with Crippen LogP contribution in [0.5, 0.6) is 5.75 Å². The smallest absolute Gasteiger partial charge is 0.407 e.